The highest BCUT2D eigenvalue weighted by molar-refractivity contribution is 7.90. The second kappa shape index (κ2) is 8.79. The van der Waals surface area contributed by atoms with Crippen molar-refractivity contribution in [3.8, 4) is 5.75 Å². The lowest BCUT2D eigenvalue weighted by Crippen LogP contribution is -2.31. The van der Waals surface area contributed by atoms with Crippen LogP contribution in [0.15, 0.2) is 47.4 Å². The van der Waals surface area contributed by atoms with Gasteiger partial charge in [-0.05, 0) is 44.1 Å². The second-order valence-electron chi connectivity index (χ2n) is 7.09. The first-order valence-electron chi connectivity index (χ1n) is 9.40. The summed E-state index contributed by atoms with van der Waals surface area (Å²) in [4.78, 5) is 13.2. The Labute approximate surface area is 170 Å². The number of hydrogen-bond donors (Lipinski definition) is 1. The maximum absolute atomic E-state index is 11.8. The Kier molecular flexibility index (Phi) is 6.39. The first-order valence-corrected chi connectivity index (χ1v) is 11.3. The zero-order valence-electron chi connectivity index (χ0n) is 16.5. The fourth-order valence-corrected chi connectivity index (χ4v) is 4.32. The van der Waals surface area contributed by atoms with Crippen LogP contribution in [0.25, 0.3) is 0 Å². The topological polar surface area (TPSA) is 102 Å². The summed E-state index contributed by atoms with van der Waals surface area (Å²) in [5.41, 5.74) is 1.05. The Bertz CT molecular complexity index is 987. The summed E-state index contributed by atoms with van der Waals surface area (Å²) in [6, 6.07) is 11.7. The Balaban J connectivity index is 1.91. The Morgan fingerprint density at radius 2 is 1.90 bits per heavy atom. The van der Waals surface area contributed by atoms with E-state index in [1.165, 1.54) is 12.1 Å². The largest absolute Gasteiger partial charge is 0.496 e. The molecule has 1 fully saturated rings. The molecule has 1 saturated heterocycles. The smallest absolute Gasteiger partial charge is 0.293 e. The summed E-state index contributed by atoms with van der Waals surface area (Å²) >= 11 is 0. The number of methoxy groups -OCH3 is 1. The van der Waals surface area contributed by atoms with Crippen LogP contribution < -0.4 is 10.1 Å². The van der Waals surface area contributed by atoms with E-state index < -0.39 is 14.8 Å². The van der Waals surface area contributed by atoms with Gasteiger partial charge in [0.15, 0.2) is 9.84 Å². The quantitative estimate of drug-likeness (QED) is 0.517. The molecule has 0 saturated carbocycles. The third-order valence-electron chi connectivity index (χ3n) is 5.16. The zero-order chi connectivity index (χ0) is 21.0. The van der Waals surface area contributed by atoms with Crippen LogP contribution in [-0.2, 0) is 9.84 Å². The molecule has 1 N–H and O–H groups in total. The number of ether oxygens (including phenoxy) is 1. The normalized spacial score (nSPS) is 15.8. The van der Waals surface area contributed by atoms with Crippen molar-refractivity contribution in [2.75, 3.05) is 38.3 Å². The first kappa shape index (κ1) is 21.1. The molecule has 1 aliphatic rings. The predicted molar refractivity (Wildman–Crippen MR) is 111 cm³/mol. The van der Waals surface area contributed by atoms with Gasteiger partial charge in [0.1, 0.15) is 11.4 Å². The van der Waals surface area contributed by atoms with E-state index in [0.717, 1.165) is 49.6 Å². The third-order valence-corrected chi connectivity index (χ3v) is 6.27. The molecule has 1 atom stereocenters. The van der Waals surface area contributed by atoms with Crippen LogP contribution in [0.2, 0.25) is 0 Å². The molecule has 0 aliphatic carbocycles. The van der Waals surface area contributed by atoms with Gasteiger partial charge in [-0.1, -0.05) is 18.2 Å². The highest BCUT2D eigenvalue weighted by Crippen LogP contribution is 2.33. The second-order valence-corrected chi connectivity index (χ2v) is 9.11. The average Bonchev–Trinajstić information content (AvgIpc) is 3.22. The van der Waals surface area contributed by atoms with Gasteiger partial charge < -0.3 is 10.1 Å². The Hall–Kier alpha value is -2.65. The van der Waals surface area contributed by atoms with Crippen LogP contribution in [0.3, 0.4) is 0 Å². The van der Waals surface area contributed by atoms with Crippen molar-refractivity contribution in [3.05, 3.63) is 58.1 Å². The summed E-state index contributed by atoms with van der Waals surface area (Å²) in [6.45, 7) is 2.32. The summed E-state index contributed by atoms with van der Waals surface area (Å²) in [6.07, 6.45) is 3.24. The van der Waals surface area contributed by atoms with Gasteiger partial charge >= 0.3 is 0 Å². The molecule has 0 aromatic heterocycles. The number of nitro groups is 1. The van der Waals surface area contributed by atoms with Gasteiger partial charge in [0, 0.05) is 24.4 Å². The molecule has 0 amide bonds. The van der Waals surface area contributed by atoms with Gasteiger partial charge in [-0.2, -0.15) is 0 Å². The van der Waals surface area contributed by atoms with Gasteiger partial charge in [0.05, 0.1) is 23.0 Å². The molecule has 1 unspecified atom stereocenters. The summed E-state index contributed by atoms with van der Waals surface area (Å²) < 4.78 is 29.0. The van der Waals surface area contributed by atoms with E-state index in [0.29, 0.717) is 12.2 Å². The van der Waals surface area contributed by atoms with Gasteiger partial charge in [0.25, 0.3) is 5.69 Å². The van der Waals surface area contributed by atoms with E-state index in [-0.39, 0.29) is 16.6 Å². The van der Waals surface area contributed by atoms with Crippen LogP contribution in [-0.4, -0.2) is 51.2 Å². The molecule has 29 heavy (non-hydrogen) atoms. The van der Waals surface area contributed by atoms with E-state index in [2.05, 4.69) is 10.2 Å². The molecule has 2 aromatic rings. The van der Waals surface area contributed by atoms with E-state index in [1.807, 2.05) is 24.3 Å². The van der Waals surface area contributed by atoms with E-state index in [1.54, 1.807) is 7.11 Å². The van der Waals surface area contributed by atoms with Crippen LogP contribution in [0.5, 0.6) is 5.75 Å². The molecule has 9 heteroatoms. The zero-order valence-corrected chi connectivity index (χ0v) is 17.3. The number of sulfone groups is 1. The molecule has 8 nitrogen and oxygen atoms in total. The number of para-hydroxylation sites is 1. The van der Waals surface area contributed by atoms with Crippen molar-refractivity contribution in [1.29, 1.82) is 0 Å². The highest BCUT2D eigenvalue weighted by Gasteiger charge is 2.27. The lowest BCUT2D eigenvalue weighted by Gasteiger charge is -2.29. The Morgan fingerprint density at radius 1 is 1.21 bits per heavy atom. The SMILES string of the molecule is COc1ccccc1C(CNc1ccc(S(C)(=O)=O)cc1[N+](=O)[O-])N1CCCC1. The monoisotopic (exact) mass is 419 g/mol. The van der Waals surface area contributed by atoms with Gasteiger partial charge in [-0.15, -0.1) is 0 Å². The van der Waals surface area contributed by atoms with E-state index in [9.17, 15) is 18.5 Å². The van der Waals surface area contributed by atoms with Gasteiger partial charge in [0.2, 0.25) is 0 Å². The fraction of sp³-hybridized carbons (Fsp3) is 0.400. The average molecular weight is 420 g/mol. The lowest BCUT2D eigenvalue weighted by atomic mass is 10.0. The molecule has 2 aromatic carbocycles. The van der Waals surface area contributed by atoms with Crippen molar-refractivity contribution in [2.45, 2.75) is 23.8 Å². The highest BCUT2D eigenvalue weighted by atomic mass is 32.2. The number of nitrogens with zero attached hydrogens (tertiary/aromatic N) is 2. The fourth-order valence-electron chi connectivity index (χ4n) is 3.68. The van der Waals surface area contributed by atoms with Crippen molar-refractivity contribution in [3.63, 3.8) is 0 Å². The maximum Gasteiger partial charge on any atom is 0.293 e. The maximum atomic E-state index is 11.8. The first-order chi connectivity index (χ1) is 13.8. The van der Waals surface area contributed by atoms with Crippen molar-refractivity contribution in [2.24, 2.45) is 0 Å². The number of anilines is 1. The summed E-state index contributed by atoms with van der Waals surface area (Å²) in [7, 11) is -1.90. The van der Waals surface area contributed by atoms with Crippen LogP contribution in [0, 0.1) is 10.1 Å². The molecular weight excluding hydrogens is 394 g/mol. The standard InChI is InChI=1S/C20H25N3O5S/c1-28-20-8-4-3-7-16(20)19(22-11-5-6-12-22)14-21-17-10-9-15(29(2,26)27)13-18(17)23(24)25/h3-4,7-10,13,19,21H,5-6,11-12,14H2,1-2H3. The van der Waals surface area contributed by atoms with Crippen LogP contribution >= 0.6 is 0 Å². The minimum absolute atomic E-state index is 0.0251. The van der Waals surface area contributed by atoms with Crippen LogP contribution in [0.4, 0.5) is 11.4 Å². The molecule has 0 radical (unpaired) electrons. The molecule has 1 heterocycles. The molecule has 0 bridgehead atoms. The minimum atomic E-state index is -3.53. The lowest BCUT2D eigenvalue weighted by molar-refractivity contribution is -0.384. The van der Waals surface area contributed by atoms with Crippen molar-refractivity contribution in [1.82, 2.24) is 4.90 Å². The molecule has 1 aliphatic heterocycles. The number of nitrogens with one attached hydrogen (secondary N) is 1. The third kappa shape index (κ3) is 4.86. The van der Waals surface area contributed by atoms with E-state index in [4.69, 9.17) is 4.74 Å². The van der Waals surface area contributed by atoms with E-state index >= 15 is 0 Å². The number of rotatable bonds is 8. The number of likely N-dealkylation sites (tertiary alicyclic amines) is 1. The van der Waals surface area contributed by atoms with Gasteiger partial charge in [-0.25, -0.2) is 8.42 Å². The molecule has 0 spiro atoms. The summed E-state index contributed by atoms with van der Waals surface area (Å²) in [5, 5.41) is 14.7. The molecule has 3 rings (SSSR count). The minimum Gasteiger partial charge on any atom is -0.496 e. The summed E-state index contributed by atoms with van der Waals surface area (Å²) in [5.74, 6) is 0.771. The number of nitro benzene ring substituents is 1. The van der Waals surface area contributed by atoms with Gasteiger partial charge in [-0.3, -0.25) is 15.0 Å². The molecular formula is C20H25N3O5S. The Morgan fingerprint density at radius 3 is 2.52 bits per heavy atom. The van der Waals surface area contributed by atoms with Crippen LogP contribution in [0.1, 0.15) is 24.4 Å². The van der Waals surface area contributed by atoms with Crippen molar-refractivity contribution < 1.29 is 18.1 Å². The number of hydrogen-bond acceptors (Lipinski definition) is 7. The predicted octanol–water partition coefficient (Wildman–Crippen LogP) is 3.26. The van der Waals surface area contributed by atoms with Crippen molar-refractivity contribution >= 4 is 21.2 Å². The number of benzene rings is 2. The molecule has 156 valence electrons.